The summed E-state index contributed by atoms with van der Waals surface area (Å²) in [5.41, 5.74) is 0.950. The number of rotatable bonds is 2. The van der Waals surface area contributed by atoms with Gasteiger partial charge in [0.1, 0.15) is 11.5 Å². The molecule has 0 N–H and O–H groups in total. The smallest absolute Gasteiger partial charge is 0.135 e. The summed E-state index contributed by atoms with van der Waals surface area (Å²) >= 11 is 6.09. The average molecular weight is 221 g/mol. The van der Waals surface area contributed by atoms with Gasteiger partial charge in [0.05, 0.1) is 5.02 Å². The van der Waals surface area contributed by atoms with Gasteiger partial charge in [-0.05, 0) is 24.3 Å². The number of halogens is 1. The summed E-state index contributed by atoms with van der Waals surface area (Å²) < 4.78 is 5.73. The fourth-order valence-corrected chi connectivity index (χ4v) is 1.70. The maximum Gasteiger partial charge on any atom is 0.135 e. The largest absolute Gasteiger partial charge is 0.461 e. The summed E-state index contributed by atoms with van der Waals surface area (Å²) in [6.45, 7) is 4.21. The molecule has 0 aliphatic heterocycles. The lowest BCUT2D eigenvalue weighted by Crippen LogP contribution is -1.80. The molecule has 0 atom stereocenters. The molecular weight excluding hydrogens is 208 g/mol. The molecule has 0 radical (unpaired) electrons. The summed E-state index contributed by atoms with van der Waals surface area (Å²) in [5.74, 6) is 2.23. The van der Waals surface area contributed by atoms with Crippen molar-refractivity contribution in [3.63, 3.8) is 0 Å². The van der Waals surface area contributed by atoms with Crippen molar-refractivity contribution in [1.29, 1.82) is 0 Å². The van der Waals surface area contributed by atoms with Crippen LogP contribution in [0.15, 0.2) is 40.8 Å². The maximum atomic E-state index is 6.09. The minimum Gasteiger partial charge on any atom is -0.461 e. The minimum atomic E-state index is 0.404. The Morgan fingerprint density at radius 2 is 1.80 bits per heavy atom. The molecule has 0 aliphatic rings. The lowest BCUT2D eigenvalue weighted by molar-refractivity contribution is 0.498. The Hall–Kier alpha value is -1.21. The Labute approximate surface area is 94.7 Å². The third-order valence-electron chi connectivity index (χ3n) is 2.34. The zero-order chi connectivity index (χ0) is 10.8. The molecule has 0 amide bonds. The van der Waals surface area contributed by atoms with E-state index in [2.05, 4.69) is 13.8 Å². The lowest BCUT2D eigenvalue weighted by atomic mass is 10.1. The van der Waals surface area contributed by atoms with Gasteiger partial charge >= 0.3 is 0 Å². The second-order valence-electron chi connectivity index (χ2n) is 3.84. The Bertz CT molecular complexity index is 457. The van der Waals surface area contributed by atoms with Gasteiger partial charge in [0, 0.05) is 11.5 Å². The fraction of sp³-hybridized carbons (Fsp3) is 0.231. The highest BCUT2D eigenvalue weighted by Crippen LogP contribution is 2.30. The molecule has 1 aromatic heterocycles. The second kappa shape index (κ2) is 4.11. The molecule has 2 rings (SSSR count). The van der Waals surface area contributed by atoms with Crippen LogP contribution in [0.1, 0.15) is 25.5 Å². The van der Waals surface area contributed by atoms with E-state index in [0.29, 0.717) is 5.92 Å². The van der Waals surface area contributed by atoms with Crippen LogP contribution < -0.4 is 0 Å². The van der Waals surface area contributed by atoms with Gasteiger partial charge in [-0.3, -0.25) is 0 Å². The Kier molecular flexibility index (Phi) is 2.83. The summed E-state index contributed by atoms with van der Waals surface area (Å²) in [6, 6.07) is 11.7. The van der Waals surface area contributed by atoms with E-state index >= 15 is 0 Å². The monoisotopic (exact) mass is 220 g/mol. The molecule has 1 nitrogen and oxygen atoms in total. The Morgan fingerprint density at radius 3 is 2.40 bits per heavy atom. The Morgan fingerprint density at radius 1 is 1.07 bits per heavy atom. The van der Waals surface area contributed by atoms with Gasteiger partial charge in [-0.2, -0.15) is 0 Å². The highest BCUT2D eigenvalue weighted by molar-refractivity contribution is 6.33. The van der Waals surface area contributed by atoms with Crippen molar-refractivity contribution < 1.29 is 4.42 Å². The van der Waals surface area contributed by atoms with E-state index in [-0.39, 0.29) is 0 Å². The summed E-state index contributed by atoms with van der Waals surface area (Å²) in [7, 11) is 0. The molecule has 0 aliphatic carbocycles. The van der Waals surface area contributed by atoms with Crippen LogP contribution in [0.3, 0.4) is 0 Å². The maximum absolute atomic E-state index is 6.09. The van der Waals surface area contributed by atoms with Crippen molar-refractivity contribution in [2.45, 2.75) is 19.8 Å². The lowest BCUT2D eigenvalue weighted by Gasteiger charge is -2.01. The first-order chi connectivity index (χ1) is 7.18. The highest BCUT2D eigenvalue weighted by atomic mass is 35.5. The van der Waals surface area contributed by atoms with E-state index in [4.69, 9.17) is 16.0 Å². The molecule has 0 saturated carbocycles. The van der Waals surface area contributed by atoms with E-state index in [1.54, 1.807) is 0 Å². The number of furan rings is 1. The topological polar surface area (TPSA) is 13.1 Å². The number of hydrogen-bond donors (Lipinski definition) is 0. The van der Waals surface area contributed by atoms with Crippen LogP contribution in [-0.2, 0) is 0 Å². The zero-order valence-electron chi connectivity index (χ0n) is 8.83. The van der Waals surface area contributed by atoms with Crippen LogP contribution in [0.5, 0.6) is 0 Å². The first-order valence-electron chi connectivity index (χ1n) is 5.03. The van der Waals surface area contributed by atoms with Crippen molar-refractivity contribution in [2.24, 2.45) is 0 Å². The van der Waals surface area contributed by atoms with Gasteiger partial charge < -0.3 is 4.42 Å². The minimum absolute atomic E-state index is 0.404. The van der Waals surface area contributed by atoms with E-state index in [1.807, 2.05) is 36.4 Å². The molecule has 2 aromatic rings. The molecule has 0 fully saturated rings. The van der Waals surface area contributed by atoms with E-state index in [0.717, 1.165) is 22.1 Å². The third-order valence-corrected chi connectivity index (χ3v) is 2.66. The van der Waals surface area contributed by atoms with Crippen molar-refractivity contribution in [3.8, 4) is 11.3 Å². The molecule has 78 valence electrons. The van der Waals surface area contributed by atoms with Crippen LogP contribution in [-0.4, -0.2) is 0 Å². The predicted octanol–water partition coefficient (Wildman–Crippen LogP) is 4.72. The van der Waals surface area contributed by atoms with Crippen LogP contribution in [0, 0.1) is 0 Å². The van der Waals surface area contributed by atoms with Crippen LogP contribution in [0.4, 0.5) is 0 Å². The predicted molar refractivity (Wildman–Crippen MR) is 63.2 cm³/mol. The van der Waals surface area contributed by atoms with Crippen molar-refractivity contribution >= 4 is 11.6 Å². The summed E-state index contributed by atoms with van der Waals surface area (Å²) in [4.78, 5) is 0. The molecule has 1 heterocycles. The fourth-order valence-electron chi connectivity index (χ4n) is 1.47. The summed E-state index contributed by atoms with van der Waals surface area (Å²) in [5, 5.41) is 0.724. The van der Waals surface area contributed by atoms with Crippen LogP contribution in [0.2, 0.25) is 5.02 Å². The summed E-state index contributed by atoms with van der Waals surface area (Å²) in [6.07, 6.45) is 0. The SMILES string of the molecule is CC(C)c1ccc(-c2ccccc2Cl)o1. The van der Waals surface area contributed by atoms with Crippen molar-refractivity contribution in [1.82, 2.24) is 0 Å². The average Bonchev–Trinajstić information content (AvgIpc) is 2.67. The van der Waals surface area contributed by atoms with Gasteiger partial charge in [0.15, 0.2) is 0 Å². The molecule has 0 spiro atoms. The van der Waals surface area contributed by atoms with Gasteiger partial charge in [0.2, 0.25) is 0 Å². The van der Waals surface area contributed by atoms with Crippen LogP contribution >= 0.6 is 11.6 Å². The molecule has 0 unspecified atom stereocenters. The molecule has 0 saturated heterocycles. The van der Waals surface area contributed by atoms with E-state index in [1.165, 1.54) is 0 Å². The van der Waals surface area contributed by atoms with Gasteiger partial charge in [-0.15, -0.1) is 0 Å². The van der Waals surface area contributed by atoms with Gasteiger partial charge in [-0.1, -0.05) is 37.6 Å². The first-order valence-corrected chi connectivity index (χ1v) is 5.41. The van der Waals surface area contributed by atoms with E-state index in [9.17, 15) is 0 Å². The van der Waals surface area contributed by atoms with Gasteiger partial charge in [0.25, 0.3) is 0 Å². The molecule has 2 heteroatoms. The number of hydrogen-bond acceptors (Lipinski definition) is 1. The second-order valence-corrected chi connectivity index (χ2v) is 4.24. The van der Waals surface area contributed by atoms with Crippen LogP contribution in [0.25, 0.3) is 11.3 Å². The highest BCUT2D eigenvalue weighted by Gasteiger charge is 2.09. The normalized spacial score (nSPS) is 10.9. The Balaban J connectivity index is 2.42. The van der Waals surface area contributed by atoms with Gasteiger partial charge in [-0.25, -0.2) is 0 Å². The molecule has 15 heavy (non-hydrogen) atoms. The molecule has 1 aromatic carbocycles. The van der Waals surface area contributed by atoms with Crippen molar-refractivity contribution in [3.05, 3.63) is 47.2 Å². The zero-order valence-corrected chi connectivity index (χ0v) is 9.58. The van der Waals surface area contributed by atoms with E-state index < -0.39 is 0 Å². The van der Waals surface area contributed by atoms with Crippen molar-refractivity contribution in [2.75, 3.05) is 0 Å². The number of benzene rings is 1. The quantitative estimate of drug-likeness (QED) is 0.714. The molecular formula is C13H13ClO. The third kappa shape index (κ3) is 2.07. The molecule has 0 bridgehead atoms. The first kappa shape index (κ1) is 10.3. The standard InChI is InChI=1S/C13H13ClO/c1-9(2)12-7-8-13(15-12)10-5-3-4-6-11(10)14/h3-9H,1-2H3.